The minimum absolute atomic E-state index is 0.0278. The summed E-state index contributed by atoms with van der Waals surface area (Å²) in [6, 6.07) is 5.66. The Morgan fingerprint density at radius 3 is 1.84 bits per heavy atom. The lowest BCUT2D eigenvalue weighted by Crippen LogP contribution is -2.74. The topological polar surface area (TPSA) is 143 Å². The van der Waals surface area contributed by atoms with Crippen molar-refractivity contribution in [3.05, 3.63) is 35.7 Å². The number of hydrogen-bond donors (Lipinski definition) is 2. The zero-order valence-electron chi connectivity index (χ0n) is 17.4. The number of rotatable bonds is 4. The van der Waals surface area contributed by atoms with Gasteiger partial charge in [-0.05, 0) is 26.0 Å². The highest BCUT2D eigenvalue weighted by molar-refractivity contribution is 6.09. The molecule has 2 N–H and O–H groups in total. The lowest BCUT2D eigenvalue weighted by molar-refractivity contribution is -0.178. The Morgan fingerprint density at radius 2 is 1.38 bits per heavy atom. The van der Waals surface area contributed by atoms with E-state index in [2.05, 4.69) is 20.6 Å². The highest BCUT2D eigenvalue weighted by Gasteiger charge is 2.82. The summed E-state index contributed by atoms with van der Waals surface area (Å²) in [7, 11) is 0. The summed E-state index contributed by atoms with van der Waals surface area (Å²) in [6.07, 6.45) is 0. The second-order valence-electron chi connectivity index (χ2n) is 7.50. The zero-order chi connectivity index (χ0) is 22.7. The average molecular weight is 440 g/mol. The van der Waals surface area contributed by atoms with Gasteiger partial charge in [0.25, 0.3) is 11.3 Å². The Balaban J connectivity index is 1.76. The van der Waals surface area contributed by atoms with Crippen molar-refractivity contribution in [3.8, 4) is 0 Å². The second-order valence-corrected chi connectivity index (χ2v) is 7.50. The maximum absolute atomic E-state index is 13.5. The molecule has 1 aromatic heterocycles. The average Bonchev–Trinajstić information content (AvgIpc) is 3.07. The van der Waals surface area contributed by atoms with E-state index in [0.717, 1.165) is 9.80 Å². The Bertz CT molecular complexity index is 1120. The highest BCUT2D eigenvalue weighted by Crippen LogP contribution is 2.46. The Kier molecular flexibility index (Phi) is 4.23. The van der Waals surface area contributed by atoms with Gasteiger partial charge in [0.15, 0.2) is 0 Å². The molecule has 32 heavy (non-hydrogen) atoms. The van der Waals surface area contributed by atoms with Gasteiger partial charge in [-0.2, -0.15) is 0 Å². The Hall–Kier alpha value is -3.96. The number of carbonyl (C=O) groups excluding carboxylic acids is 4. The number of aromatic nitrogens is 2. The van der Waals surface area contributed by atoms with Gasteiger partial charge in [-0.1, -0.05) is 12.1 Å². The van der Waals surface area contributed by atoms with Crippen LogP contribution in [0.15, 0.2) is 24.3 Å². The van der Waals surface area contributed by atoms with Crippen LogP contribution in [0.1, 0.15) is 25.2 Å². The third-order valence-corrected chi connectivity index (χ3v) is 5.87. The van der Waals surface area contributed by atoms with Gasteiger partial charge >= 0.3 is 24.0 Å². The standard InChI is InChI=1S/C20H20N6O6/c1-3-31-15(27)19-20(16(28)32-4-2)25(17(29)23-19)9-13-14(10-26(20)18(30)24-19)22-12-8-6-5-7-11(12)21-13/h5-8H,3-4,9-10H2,1-2H3,(H,23,29)(H,24,30). The van der Waals surface area contributed by atoms with E-state index in [0.29, 0.717) is 22.4 Å². The second kappa shape index (κ2) is 6.77. The molecule has 0 bridgehead atoms. The molecule has 2 aromatic rings. The van der Waals surface area contributed by atoms with Crippen molar-refractivity contribution in [2.24, 2.45) is 0 Å². The van der Waals surface area contributed by atoms with E-state index < -0.39 is 35.3 Å². The van der Waals surface area contributed by atoms with Gasteiger partial charge in [0.2, 0.25) is 0 Å². The van der Waals surface area contributed by atoms with Crippen molar-refractivity contribution < 1.29 is 28.7 Å². The number of benzene rings is 1. The summed E-state index contributed by atoms with van der Waals surface area (Å²) in [5.74, 6) is -1.92. The van der Waals surface area contributed by atoms with E-state index in [4.69, 9.17) is 9.47 Å². The number of esters is 2. The van der Waals surface area contributed by atoms with Crippen LogP contribution in [0.2, 0.25) is 0 Å². The molecule has 3 aliphatic rings. The number of hydrogen-bond acceptors (Lipinski definition) is 8. The summed E-state index contributed by atoms with van der Waals surface area (Å²) in [6.45, 7) is 2.76. The predicted molar refractivity (Wildman–Crippen MR) is 106 cm³/mol. The number of para-hydroxylation sites is 2. The molecule has 0 aliphatic carbocycles. The molecule has 4 amide bonds. The molecule has 12 heteroatoms. The highest BCUT2D eigenvalue weighted by atomic mass is 16.5. The van der Waals surface area contributed by atoms with Crippen LogP contribution in [0.3, 0.4) is 0 Å². The van der Waals surface area contributed by atoms with Crippen LogP contribution < -0.4 is 10.6 Å². The first-order valence-electron chi connectivity index (χ1n) is 10.2. The number of nitrogens with zero attached hydrogens (tertiary/aromatic N) is 4. The van der Waals surface area contributed by atoms with Gasteiger partial charge in [0.1, 0.15) is 0 Å². The number of amides is 4. The molecule has 0 atom stereocenters. The van der Waals surface area contributed by atoms with Crippen LogP contribution in [0.25, 0.3) is 11.0 Å². The van der Waals surface area contributed by atoms with E-state index in [9.17, 15) is 19.2 Å². The molecule has 2 saturated heterocycles. The van der Waals surface area contributed by atoms with Gasteiger partial charge in [-0.25, -0.2) is 29.1 Å². The number of nitrogens with one attached hydrogen (secondary N) is 2. The smallest absolute Gasteiger partial charge is 0.358 e. The SMILES string of the molecule is CCOC(=O)C12NC(=O)N3Cc4nc5ccccc5nc4CN(C(=O)N1)C32C(=O)OCC. The zero-order valence-corrected chi connectivity index (χ0v) is 17.4. The van der Waals surface area contributed by atoms with Crippen molar-refractivity contribution >= 4 is 35.0 Å². The van der Waals surface area contributed by atoms with Gasteiger partial charge in [-0.15, -0.1) is 0 Å². The summed E-state index contributed by atoms with van der Waals surface area (Å²) < 4.78 is 10.5. The third-order valence-electron chi connectivity index (χ3n) is 5.87. The van der Waals surface area contributed by atoms with Gasteiger partial charge < -0.3 is 20.1 Å². The fraction of sp³-hybridized carbons (Fsp3) is 0.400. The monoisotopic (exact) mass is 440 g/mol. The lowest BCUT2D eigenvalue weighted by Gasteiger charge is -2.40. The molecule has 3 aliphatic heterocycles. The fourth-order valence-electron chi connectivity index (χ4n) is 4.59. The molecule has 1 aromatic carbocycles. The largest absolute Gasteiger partial charge is 0.463 e. The van der Waals surface area contributed by atoms with Gasteiger partial charge in [-0.3, -0.25) is 9.80 Å². The summed E-state index contributed by atoms with van der Waals surface area (Å²) in [5, 5.41) is 4.96. The Morgan fingerprint density at radius 1 is 0.906 bits per heavy atom. The number of carbonyl (C=O) groups is 4. The molecule has 166 valence electrons. The fourth-order valence-corrected chi connectivity index (χ4v) is 4.59. The van der Waals surface area contributed by atoms with Crippen LogP contribution in [0.4, 0.5) is 9.59 Å². The normalized spacial score (nSPS) is 25.6. The minimum atomic E-state index is -2.19. The molecular weight excluding hydrogens is 420 g/mol. The summed E-state index contributed by atoms with van der Waals surface area (Å²) in [4.78, 5) is 64.2. The van der Waals surface area contributed by atoms with Crippen molar-refractivity contribution in [3.63, 3.8) is 0 Å². The maximum Gasteiger partial charge on any atom is 0.358 e. The lowest BCUT2D eigenvalue weighted by atomic mass is 9.93. The van der Waals surface area contributed by atoms with E-state index in [1.807, 2.05) is 0 Å². The molecular formula is C20H20N6O6. The predicted octanol–water partition coefficient (Wildman–Crippen LogP) is 0.213. The van der Waals surface area contributed by atoms with Gasteiger partial charge in [0.05, 0.1) is 48.7 Å². The van der Waals surface area contributed by atoms with Crippen LogP contribution in [-0.4, -0.2) is 68.3 Å². The molecule has 0 spiro atoms. The molecule has 0 unspecified atom stereocenters. The maximum atomic E-state index is 13.5. The molecule has 4 heterocycles. The van der Waals surface area contributed by atoms with E-state index in [1.54, 1.807) is 38.1 Å². The first-order valence-corrected chi connectivity index (χ1v) is 10.2. The molecule has 0 radical (unpaired) electrons. The van der Waals surface area contributed by atoms with E-state index in [-0.39, 0.29) is 26.3 Å². The first-order chi connectivity index (χ1) is 15.4. The summed E-state index contributed by atoms with van der Waals surface area (Å²) in [5.41, 5.74) is -2.34. The Labute approximate surface area is 181 Å². The third kappa shape index (κ3) is 2.31. The minimum Gasteiger partial charge on any atom is -0.463 e. The van der Waals surface area contributed by atoms with Crippen LogP contribution >= 0.6 is 0 Å². The quantitative estimate of drug-likeness (QED) is 0.643. The number of fused-ring (bicyclic) bond motifs is 2. The van der Waals surface area contributed by atoms with Crippen molar-refractivity contribution in [2.45, 2.75) is 38.3 Å². The van der Waals surface area contributed by atoms with E-state index in [1.165, 1.54) is 0 Å². The van der Waals surface area contributed by atoms with Gasteiger partial charge in [0, 0.05) is 0 Å². The molecule has 0 saturated carbocycles. The van der Waals surface area contributed by atoms with Crippen molar-refractivity contribution in [2.75, 3.05) is 13.2 Å². The number of ether oxygens (including phenoxy) is 2. The molecule has 5 rings (SSSR count). The van der Waals surface area contributed by atoms with Crippen molar-refractivity contribution in [1.82, 2.24) is 30.4 Å². The number of urea groups is 2. The van der Waals surface area contributed by atoms with Crippen molar-refractivity contribution in [1.29, 1.82) is 0 Å². The van der Waals surface area contributed by atoms with Crippen LogP contribution in [-0.2, 0) is 32.2 Å². The molecule has 2 fully saturated rings. The molecule has 12 nitrogen and oxygen atoms in total. The van der Waals surface area contributed by atoms with Crippen LogP contribution in [0.5, 0.6) is 0 Å². The summed E-state index contributed by atoms with van der Waals surface area (Å²) >= 11 is 0. The first kappa shape index (κ1) is 20.0. The van der Waals surface area contributed by atoms with Crippen LogP contribution in [0, 0.1) is 0 Å². The van der Waals surface area contributed by atoms with E-state index >= 15 is 0 Å².